The summed E-state index contributed by atoms with van der Waals surface area (Å²) < 4.78 is 1.07. The summed E-state index contributed by atoms with van der Waals surface area (Å²) in [4.78, 5) is 42.0. The van der Waals surface area contributed by atoms with Gasteiger partial charge in [-0.25, -0.2) is 15.0 Å². The zero-order valence-corrected chi connectivity index (χ0v) is 40.8. The van der Waals surface area contributed by atoms with Crippen LogP contribution < -0.4 is 21.8 Å². The number of phenolic OH excluding ortho intramolecular Hbond substituents is 17. The number of hydrogen-bond donors (Lipinski definition) is 20. The molecule has 20 N–H and O–H groups in total. The van der Waals surface area contributed by atoms with E-state index in [4.69, 9.17) is 0 Å². The summed E-state index contributed by atoms with van der Waals surface area (Å²) in [5.41, 5.74) is -11.4. The molecule has 79 heavy (non-hydrogen) atoms. The van der Waals surface area contributed by atoms with Crippen LogP contribution in [-0.2, 0) is 6.42 Å². The molecule has 4 heterocycles. The summed E-state index contributed by atoms with van der Waals surface area (Å²) in [5, 5.41) is 225. The molecular formula is C51H38B2N4O22. The van der Waals surface area contributed by atoms with E-state index >= 15 is 0 Å². The first kappa shape index (κ1) is 50.6. The van der Waals surface area contributed by atoms with Crippen LogP contribution in [-0.4, -0.2) is 150 Å². The molecule has 26 nitrogen and oxygen atoms in total. The van der Waals surface area contributed by atoms with Crippen molar-refractivity contribution in [1.29, 1.82) is 0 Å². The molecule has 2 atom stereocenters. The third-order valence-electron chi connectivity index (χ3n) is 15.2. The van der Waals surface area contributed by atoms with Gasteiger partial charge in [0, 0.05) is 33.6 Å². The molecule has 28 heteroatoms. The van der Waals surface area contributed by atoms with Crippen molar-refractivity contribution in [3.05, 3.63) is 66.2 Å². The minimum absolute atomic E-state index is 0.228. The molecule has 10 aromatic rings. The Bertz CT molecular complexity index is 4550. The van der Waals surface area contributed by atoms with Gasteiger partial charge in [0.2, 0.25) is 28.1 Å². The molecule has 0 aliphatic heterocycles. The van der Waals surface area contributed by atoms with Crippen molar-refractivity contribution in [3.8, 4) is 132 Å². The number of aliphatic hydroxyl groups is 3. The lowest BCUT2D eigenvalue weighted by molar-refractivity contribution is 0.200. The van der Waals surface area contributed by atoms with Gasteiger partial charge in [-0.2, -0.15) is 0 Å². The minimum Gasteiger partial charge on any atom is -0.509 e. The van der Waals surface area contributed by atoms with Crippen LogP contribution in [0.5, 0.6) is 97.7 Å². The monoisotopic (exact) mass is 1080 g/mol. The molecule has 6 aromatic carbocycles. The number of rotatable bonds is 7. The highest BCUT2D eigenvalue weighted by atomic mass is 16.4. The van der Waals surface area contributed by atoms with Crippen LogP contribution in [0, 0.1) is 13.8 Å². The zero-order valence-electron chi connectivity index (χ0n) is 40.8. The van der Waals surface area contributed by atoms with E-state index in [9.17, 15) is 112 Å². The van der Waals surface area contributed by atoms with Crippen molar-refractivity contribution in [2.24, 2.45) is 0 Å². The Labute approximate surface area is 438 Å². The zero-order chi connectivity index (χ0) is 57.7. The molecule has 1 aliphatic rings. The minimum atomic E-state index is -2.59. The van der Waals surface area contributed by atoms with Gasteiger partial charge in [-0.1, -0.05) is 12.2 Å². The van der Waals surface area contributed by atoms with Gasteiger partial charge >= 0.3 is 0 Å². The van der Waals surface area contributed by atoms with Crippen LogP contribution in [0.15, 0.2) is 27.5 Å². The molecule has 1 aliphatic carbocycles. The maximum Gasteiger partial charge on any atom is 0.204 e. The largest absolute Gasteiger partial charge is 0.509 e. The van der Waals surface area contributed by atoms with Gasteiger partial charge in [0.15, 0.2) is 63.5 Å². The Morgan fingerprint density at radius 3 is 1.51 bits per heavy atom. The lowest BCUT2D eigenvalue weighted by atomic mass is 9.81. The van der Waals surface area contributed by atoms with Crippen LogP contribution in [0.4, 0.5) is 0 Å². The number of fused-ring (bicyclic) bond motifs is 2. The predicted molar refractivity (Wildman–Crippen MR) is 282 cm³/mol. The summed E-state index contributed by atoms with van der Waals surface area (Å²) in [6.07, 6.45) is -3.18. The Morgan fingerprint density at radius 2 is 0.937 bits per heavy atom. The number of hydrogen-bond acceptors (Lipinski definition) is 25. The van der Waals surface area contributed by atoms with Crippen molar-refractivity contribution >= 4 is 81.1 Å². The highest BCUT2D eigenvalue weighted by molar-refractivity contribution is 6.45. The second-order valence-corrected chi connectivity index (χ2v) is 19.2. The fourth-order valence-electron chi connectivity index (χ4n) is 11.2. The quantitative estimate of drug-likeness (QED) is 0.0196. The number of aromatic nitrogens is 4. The molecule has 0 amide bonds. The first-order chi connectivity index (χ1) is 37.1. The van der Waals surface area contributed by atoms with Gasteiger partial charge in [0.05, 0.1) is 60.7 Å². The number of nitrogens with zero attached hydrogens (tertiary/aromatic N) is 4. The fraction of sp³-hybridized carbons (Fsp3) is 0.118. The Kier molecular flexibility index (Phi) is 10.4. The van der Waals surface area contributed by atoms with E-state index < -0.39 is 250 Å². The van der Waals surface area contributed by atoms with Crippen LogP contribution >= 0.6 is 0 Å². The fourth-order valence-corrected chi connectivity index (χ4v) is 11.2. The van der Waals surface area contributed by atoms with E-state index in [0.717, 1.165) is 26.1 Å². The maximum atomic E-state index is 15.0. The summed E-state index contributed by atoms with van der Waals surface area (Å²) in [5.74, 6) is -25.4. The number of pyridine rings is 2. The molecule has 0 spiro atoms. The van der Waals surface area contributed by atoms with Gasteiger partial charge in [-0.05, 0) is 36.8 Å². The van der Waals surface area contributed by atoms with E-state index in [1.54, 1.807) is 0 Å². The van der Waals surface area contributed by atoms with Crippen molar-refractivity contribution in [1.82, 2.24) is 19.4 Å². The van der Waals surface area contributed by atoms with Gasteiger partial charge in [-0.15, -0.1) is 0 Å². The third-order valence-corrected chi connectivity index (χ3v) is 15.2. The van der Waals surface area contributed by atoms with E-state index in [1.165, 1.54) is 7.85 Å². The van der Waals surface area contributed by atoms with E-state index in [1.807, 2.05) is 0 Å². The number of phenols is 17. The molecular weight excluding hydrogens is 1040 g/mol. The predicted octanol–water partition coefficient (Wildman–Crippen LogP) is 0.419. The molecule has 11 rings (SSSR count). The van der Waals surface area contributed by atoms with Crippen molar-refractivity contribution < 1.29 is 102 Å². The topological polar surface area (TPSA) is 482 Å². The average Bonchev–Trinajstić information content (AvgIpc) is 3.61. The van der Waals surface area contributed by atoms with Gasteiger partial charge in [0.25, 0.3) is 0 Å². The molecule has 0 radical (unpaired) electrons. The summed E-state index contributed by atoms with van der Waals surface area (Å²) in [6.45, 7) is 4.74. The first-order valence-electron chi connectivity index (χ1n) is 23.1. The van der Waals surface area contributed by atoms with E-state index in [2.05, 4.69) is 21.5 Å². The average molecular weight is 1080 g/mol. The van der Waals surface area contributed by atoms with Crippen molar-refractivity contribution in [3.63, 3.8) is 0 Å². The van der Waals surface area contributed by atoms with E-state index in [0.29, 0.717) is 0 Å². The third kappa shape index (κ3) is 5.99. The van der Waals surface area contributed by atoms with Crippen molar-refractivity contribution in [2.45, 2.75) is 32.3 Å². The standard InChI is InChI=1S/C51H38B2N4O22/c1-6-4-9-12(17(41(72)47(78)33(9)64)49-54-50(22-31(62)8(3)32(63)46(77)42(22)73)56-51(55-49)23-39(70)25(53)45(76)48(79)43(23)74)11(6)34(65)13(10(59)5-58)16-35(66)14-15-26-18(24(52)44(75)40(15)71)37(68)19-28-20(30(61)7(2)29(19)60)38(69)21(36(16)67)27(14)57(26)28/h11,34,58-67,70-79H,1,4-5,52-53H2,2-3H3/b13-10+. The SMILES string of the molecule is Bc1c(O)c(O)c(O)c(-c2nc(-c3c(O)c(C)c(O)c(O)c3O)nc(-c3c(O)c(O)c(O)c4c3C(C(O)/C(=C(/O)CO)c3c(O)c5c(=O)c6c(O)c(C)c(O)c7c(=O)c8c(B)c(O)c(O)c9c(c3O)c5n(c76)c89)C(=C)C4)n2)c1O. The van der Waals surface area contributed by atoms with Crippen LogP contribution in [0.3, 0.4) is 0 Å². The van der Waals surface area contributed by atoms with E-state index in [-0.39, 0.29) is 21.9 Å². The van der Waals surface area contributed by atoms with Crippen LogP contribution in [0.25, 0.3) is 88.6 Å². The normalized spacial score (nSPS) is 14.5. The number of aromatic hydroxyl groups is 17. The van der Waals surface area contributed by atoms with Gasteiger partial charge in [-0.3, -0.25) is 9.59 Å². The highest BCUT2D eigenvalue weighted by Crippen LogP contribution is 2.60. The molecule has 4 aromatic heterocycles. The summed E-state index contributed by atoms with van der Waals surface area (Å²) >= 11 is 0. The highest BCUT2D eigenvalue weighted by Gasteiger charge is 2.45. The first-order valence-corrected chi connectivity index (χ1v) is 23.1. The molecule has 400 valence electrons. The molecule has 0 saturated heterocycles. The van der Waals surface area contributed by atoms with Gasteiger partial charge in [0.1, 0.15) is 73.7 Å². The second kappa shape index (κ2) is 16.2. The number of aliphatic hydroxyl groups excluding tert-OH is 3. The lowest BCUT2D eigenvalue weighted by Gasteiger charge is -2.27. The second-order valence-electron chi connectivity index (χ2n) is 19.2. The van der Waals surface area contributed by atoms with Crippen LogP contribution in [0.2, 0.25) is 0 Å². The summed E-state index contributed by atoms with van der Waals surface area (Å²) in [6, 6.07) is 0. The molecule has 0 saturated carbocycles. The maximum absolute atomic E-state index is 15.0. The number of benzene rings is 6. The van der Waals surface area contributed by atoms with Crippen LogP contribution in [0.1, 0.15) is 33.7 Å². The van der Waals surface area contributed by atoms with Gasteiger partial charge < -0.3 is 107 Å². The smallest absolute Gasteiger partial charge is 0.204 e. The molecule has 0 fully saturated rings. The molecule has 2 unspecified atom stereocenters. The Morgan fingerprint density at radius 1 is 0.519 bits per heavy atom. The lowest BCUT2D eigenvalue weighted by Crippen LogP contribution is -2.23. The Balaban J connectivity index is 1.25. The Hall–Kier alpha value is -10.6. The summed E-state index contributed by atoms with van der Waals surface area (Å²) in [7, 11) is 2.30. The molecule has 0 bridgehead atoms. The van der Waals surface area contributed by atoms with Crippen molar-refractivity contribution in [2.75, 3.05) is 6.61 Å².